The first-order valence-corrected chi connectivity index (χ1v) is 8.60. The maximum Gasteiger partial charge on any atom is 0.142 e. The summed E-state index contributed by atoms with van der Waals surface area (Å²) in [7, 11) is 1.69. The van der Waals surface area contributed by atoms with Crippen LogP contribution in [0.3, 0.4) is 0 Å². The molecule has 1 aliphatic heterocycles. The number of ether oxygens (including phenoxy) is 2. The first-order valence-electron chi connectivity index (χ1n) is 8.60. The zero-order chi connectivity index (χ0) is 15.8. The van der Waals surface area contributed by atoms with Gasteiger partial charge < -0.3 is 9.47 Å². The van der Waals surface area contributed by atoms with Crippen LogP contribution in [0.15, 0.2) is 18.2 Å². The Hall–Kier alpha value is -1.81. The van der Waals surface area contributed by atoms with Gasteiger partial charge in [-0.15, -0.1) is 0 Å². The summed E-state index contributed by atoms with van der Waals surface area (Å²) in [4.78, 5) is 7.28. The van der Waals surface area contributed by atoms with Crippen LogP contribution in [0.5, 0.6) is 11.5 Å². The van der Waals surface area contributed by atoms with Crippen molar-refractivity contribution < 1.29 is 9.47 Å². The van der Waals surface area contributed by atoms with E-state index < -0.39 is 0 Å². The quantitative estimate of drug-likeness (QED) is 0.838. The molecular weight excluding hydrogens is 288 g/mol. The molecule has 0 N–H and O–H groups in total. The lowest BCUT2D eigenvalue weighted by atomic mass is 9.93. The minimum Gasteiger partial charge on any atom is -0.497 e. The molecule has 2 aliphatic rings. The lowest BCUT2D eigenvalue weighted by Crippen LogP contribution is -2.41. The molecule has 4 heteroatoms. The summed E-state index contributed by atoms with van der Waals surface area (Å²) in [6.07, 6.45) is 6.69. The largest absolute Gasteiger partial charge is 0.497 e. The number of pyridine rings is 1. The molecule has 0 atom stereocenters. The Labute approximate surface area is 137 Å². The van der Waals surface area contributed by atoms with E-state index in [9.17, 15) is 0 Å². The number of fused-ring (bicyclic) bond motifs is 3. The molecule has 0 spiro atoms. The van der Waals surface area contributed by atoms with Crippen molar-refractivity contribution in [1.29, 1.82) is 0 Å². The smallest absolute Gasteiger partial charge is 0.142 e. The van der Waals surface area contributed by atoms with Crippen molar-refractivity contribution in [3.8, 4) is 11.5 Å². The number of hydrogen-bond donors (Lipinski definition) is 0. The normalized spacial score (nSPS) is 19.4. The van der Waals surface area contributed by atoms with Crippen molar-refractivity contribution in [2.24, 2.45) is 0 Å². The monoisotopic (exact) mass is 312 g/mol. The van der Waals surface area contributed by atoms with Crippen LogP contribution in [0.4, 0.5) is 0 Å². The molecule has 1 saturated carbocycles. The number of rotatable bonds is 2. The Morgan fingerprint density at radius 1 is 1.22 bits per heavy atom. The Bertz CT molecular complexity index is 723. The highest BCUT2D eigenvalue weighted by atomic mass is 16.5. The molecule has 122 valence electrons. The molecule has 4 nitrogen and oxygen atoms in total. The number of aryl methyl sites for hydroxylation is 1. The second-order valence-corrected chi connectivity index (χ2v) is 6.70. The van der Waals surface area contributed by atoms with Crippen LogP contribution in [0.2, 0.25) is 0 Å². The summed E-state index contributed by atoms with van der Waals surface area (Å²) in [6, 6.07) is 6.70. The fourth-order valence-electron chi connectivity index (χ4n) is 3.93. The molecule has 1 aromatic heterocycles. The summed E-state index contributed by atoms with van der Waals surface area (Å²) in [6.45, 7) is 3.74. The SMILES string of the molecule is COc1ccc2c3c(c(C)nc2c1)CN(C1CCCCC1)CO3. The fourth-order valence-corrected chi connectivity index (χ4v) is 3.93. The van der Waals surface area contributed by atoms with E-state index in [0.29, 0.717) is 12.8 Å². The van der Waals surface area contributed by atoms with E-state index in [1.54, 1.807) is 7.11 Å². The van der Waals surface area contributed by atoms with Crippen LogP contribution >= 0.6 is 0 Å². The van der Waals surface area contributed by atoms with Crippen molar-refractivity contribution in [3.63, 3.8) is 0 Å². The van der Waals surface area contributed by atoms with Crippen molar-refractivity contribution in [2.75, 3.05) is 13.8 Å². The van der Waals surface area contributed by atoms with Crippen LogP contribution in [0.1, 0.15) is 43.4 Å². The maximum atomic E-state index is 6.20. The summed E-state index contributed by atoms with van der Waals surface area (Å²) in [5, 5.41) is 1.09. The van der Waals surface area contributed by atoms with Gasteiger partial charge in [-0.2, -0.15) is 0 Å². The second-order valence-electron chi connectivity index (χ2n) is 6.70. The van der Waals surface area contributed by atoms with Gasteiger partial charge in [-0.3, -0.25) is 9.88 Å². The third-order valence-corrected chi connectivity index (χ3v) is 5.28. The zero-order valence-electron chi connectivity index (χ0n) is 14.0. The number of nitrogens with zero attached hydrogens (tertiary/aromatic N) is 2. The van der Waals surface area contributed by atoms with Gasteiger partial charge in [0.1, 0.15) is 18.2 Å². The van der Waals surface area contributed by atoms with E-state index in [-0.39, 0.29) is 0 Å². The highest BCUT2D eigenvalue weighted by molar-refractivity contribution is 5.88. The van der Waals surface area contributed by atoms with Crippen molar-refractivity contribution in [2.45, 2.75) is 51.6 Å². The topological polar surface area (TPSA) is 34.6 Å². The Morgan fingerprint density at radius 3 is 2.83 bits per heavy atom. The van der Waals surface area contributed by atoms with Crippen molar-refractivity contribution in [1.82, 2.24) is 9.88 Å². The molecule has 2 aromatic rings. The average molecular weight is 312 g/mol. The van der Waals surface area contributed by atoms with Gasteiger partial charge in [0.15, 0.2) is 0 Å². The molecule has 1 aliphatic carbocycles. The van der Waals surface area contributed by atoms with E-state index in [2.05, 4.69) is 17.9 Å². The van der Waals surface area contributed by atoms with Gasteiger partial charge in [-0.05, 0) is 31.9 Å². The van der Waals surface area contributed by atoms with E-state index in [1.165, 1.54) is 37.7 Å². The molecule has 23 heavy (non-hydrogen) atoms. The molecule has 2 heterocycles. The lowest BCUT2D eigenvalue weighted by molar-refractivity contribution is 0.0410. The van der Waals surface area contributed by atoms with Gasteiger partial charge in [-0.1, -0.05) is 19.3 Å². The molecule has 0 radical (unpaired) electrons. The van der Waals surface area contributed by atoms with Gasteiger partial charge in [0.25, 0.3) is 0 Å². The molecule has 1 aromatic carbocycles. The molecule has 0 saturated heterocycles. The standard InChI is InChI=1S/C19H24N2O2/c1-13-17-11-21(14-6-4-3-5-7-14)12-23-19(17)16-9-8-15(22-2)10-18(16)20-13/h8-10,14H,3-7,11-12H2,1-2H3. The third kappa shape index (κ3) is 2.65. The Balaban J connectivity index is 1.70. The van der Waals surface area contributed by atoms with E-state index in [0.717, 1.165) is 34.6 Å². The second kappa shape index (κ2) is 6.00. The van der Waals surface area contributed by atoms with Gasteiger partial charge >= 0.3 is 0 Å². The van der Waals surface area contributed by atoms with Crippen LogP contribution in [-0.4, -0.2) is 29.8 Å². The van der Waals surface area contributed by atoms with Gasteiger partial charge in [0.05, 0.1) is 12.6 Å². The summed E-state index contributed by atoms with van der Waals surface area (Å²) < 4.78 is 11.5. The highest BCUT2D eigenvalue weighted by Gasteiger charge is 2.28. The molecule has 0 bridgehead atoms. The fraction of sp³-hybridized carbons (Fsp3) is 0.526. The van der Waals surface area contributed by atoms with Crippen molar-refractivity contribution >= 4 is 10.9 Å². The predicted octanol–water partition coefficient (Wildman–Crippen LogP) is 4.04. The molecular formula is C19H24N2O2. The molecule has 0 amide bonds. The number of methoxy groups -OCH3 is 1. The predicted molar refractivity (Wildman–Crippen MR) is 90.9 cm³/mol. The summed E-state index contributed by atoms with van der Waals surface area (Å²) in [5.41, 5.74) is 3.27. The summed E-state index contributed by atoms with van der Waals surface area (Å²) in [5.74, 6) is 1.85. The maximum absolute atomic E-state index is 6.20. The first-order chi connectivity index (χ1) is 11.3. The van der Waals surface area contributed by atoms with Crippen molar-refractivity contribution in [3.05, 3.63) is 29.5 Å². The number of aromatic nitrogens is 1. The Morgan fingerprint density at radius 2 is 2.04 bits per heavy atom. The molecule has 0 unspecified atom stereocenters. The number of benzene rings is 1. The first kappa shape index (κ1) is 14.8. The van der Waals surface area contributed by atoms with Gasteiger partial charge in [0.2, 0.25) is 0 Å². The third-order valence-electron chi connectivity index (χ3n) is 5.28. The van der Waals surface area contributed by atoms with Crippen LogP contribution in [0.25, 0.3) is 10.9 Å². The zero-order valence-corrected chi connectivity index (χ0v) is 14.0. The van der Waals surface area contributed by atoms with Crippen LogP contribution in [-0.2, 0) is 6.54 Å². The molecule has 1 fully saturated rings. The van der Waals surface area contributed by atoms with Crippen LogP contribution in [0, 0.1) is 6.92 Å². The Kier molecular flexibility index (Phi) is 3.85. The van der Waals surface area contributed by atoms with E-state index in [4.69, 9.17) is 14.5 Å². The summed E-state index contributed by atoms with van der Waals surface area (Å²) >= 11 is 0. The molecule has 4 rings (SSSR count). The number of hydrogen-bond acceptors (Lipinski definition) is 4. The minimum atomic E-state index is 0.669. The average Bonchev–Trinajstić information content (AvgIpc) is 2.62. The van der Waals surface area contributed by atoms with E-state index in [1.807, 2.05) is 12.1 Å². The lowest BCUT2D eigenvalue weighted by Gasteiger charge is -2.38. The highest BCUT2D eigenvalue weighted by Crippen LogP contribution is 2.37. The van der Waals surface area contributed by atoms with Gasteiger partial charge in [-0.25, -0.2) is 0 Å². The minimum absolute atomic E-state index is 0.669. The van der Waals surface area contributed by atoms with Crippen LogP contribution < -0.4 is 9.47 Å². The van der Waals surface area contributed by atoms with E-state index >= 15 is 0 Å². The van der Waals surface area contributed by atoms with Gasteiger partial charge in [0, 0.05) is 35.3 Å².